The Labute approximate surface area is 171 Å². The highest BCUT2D eigenvalue weighted by Crippen LogP contribution is 2.34. The van der Waals surface area contributed by atoms with Gasteiger partial charge in [-0.3, -0.25) is 4.99 Å². The van der Waals surface area contributed by atoms with Crippen LogP contribution in [0.3, 0.4) is 0 Å². The molecule has 2 unspecified atom stereocenters. The van der Waals surface area contributed by atoms with Crippen molar-refractivity contribution in [1.29, 1.82) is 0 Å². The average Bonchev–Trinajstić information content (AvgIpc) is 2.82. The van der Waals surface area contributed by atoms with Crippen molar-refractivity contribution in [2.45, 2.75) is 65.8 Å². The Morgan fingerprint density at radius 2 is 2.12 bits per heavy atom. The van der Waals surface area contributed by atoms with Crippen LogP contribution in [0.25, 0.3) is 0 Å². The van der Waals surface area contributed by atoms with Crippen LogP contribution in [0, 0.1) is 11.3 Å². The minimum Gasteiger partial charge on any atom is -0.354 e. The van der Waals surface area contributed by atoms with Gasteiger partial charge in [-0.2, -0.15) is 0 Å². The molecular weight excluding hydrogens is 449 g/mol. The van der Waals surface area contributed by atoms with Crippen LogP contribution < -0.4 is 5.32 Å². The average molecular weight is 485 g/mol. The Bertz CT molecular complexity index is 547. The lowest BCUT2D eigenvalue weighted by Gasteiger charge is -2.42. The number of likely N-dealkylation sites (tertiary alicyclic amines) is 1. The van der Waals surface area contributed by atoms with Gasteiger partial charge < -0.3 is 10.2 Å². The first-order valence-electron chi connectivity index (χ1n) is 9.49. The fourth-order valence-electron chi connectivity index (χ4n) is 4.03. The van der Waals surface area contributed by atoms with E-state index < -0.39 is 9.84 Å². The number of piperidine rings is 1. The van der Waals surface area contributed by atoms with E-state index in [0.717, 1.165) is 25.5 Å². The maximum atomic E-state index is 11.6. The molecule has 2 aliphatic rings. The highest BCUT2D eigenvalue weighted by atomic mass is 127. The van der Waals surface area contributed by atoms with E-state index in [4.69, 9.17) is 4.99 Å². The zero-order valence-electron chi connectivity index (χ0n) is 16.3. The van der Waals surface area contributed by atoms with Crippen LogP contribution in [-0.4, -0.2) is 56.5 Å². The summed E-state index contributed by atoms with van der Waals surface area (Å²) in [6, 6.07) is 0.329. The molecule has 25 heavy (non-hydrogen) atoms. The van der Waals surface area contributed by atoms with Crippen LogP contribution in [0.2, 0.25) is 0 Å². The molecule has 0 aromatic heterocycles. The van der Waals surface area contributed by atoms with Crippen LogP contribution in [0.1, 0.15) is 59.8 Å². The lowest BCUT2D eigenvalue weighted by atomic mass is 9.78. The molecule has 0 aliphatic carbocycles. The molecule has 0 aromatic carbocycles. The number of nitrogens with zero attached hydrogens (tertiary/aromatic N) is 2. The molecule has 148 valence electrons. The monoisotopic (exact) mass is 485 g/mol. The van der Waals surface area contributed by atoms with Crippen molar-refractivity contribution in [3.8, 4) is 0 Å². The lowest BCUT2D eigenvalue weighted by molar-refractivity contribution is 0.142. The van der Waals surface area contributed by atoms with E-state index in [-0.39, 0.29) is 29.9 Å². The molecule has 7 heteroatoms. The smallest absolute Gasteiger partial charge is 0.194 e. The molecule has 2 fully saturated rings. The summed E-state index contributed by atoms with van der Waals surface area (Å²) in [7, 11) is -2.82. The topological polar surface area (TPSA) is 61.8 Å². The number of guanidine groups is 1. The van der Waals surface area contributed by atoms with Crippen molar-refractivity contribution >= 4 is 39.8 Å². The van der Waals surface area contributed by atoms with E-state index in [1.54, 1.807) is 0 Å². The molecule has 2 atom stereocenters. The first-order chi connectivity index (χ1) is 11.2. The van der Waals surface area contributed by atoms with E-state index in [2.05, 4.69) is 37.9 Å². The van der Waals surface area contributed by atoms with E-state index in [9.17, 15) is 8.42 Å². The Kier molecular flexibility index (Phi) is 8.98. The zero-order valence-corrected chi connectivity index (χ0v) is 19.4. The van der Waals surface area contributed by atoms with Gasteiger partial charge in [0, 0.05) is 25.7 Å². The van der Waals surface area contributed by atoms with E-state index in [1.165, 1.54) is 25.7 Å². The molecule has 0 amide bonds. The van der Waals surface area contributed by atoms with Crippen LogP contribution in [0.15, 0.2) is 4.99 Å². The summed E-state index contributed by atoms with van der Waals surface area (Å²) >= 11 is 0. The number of nitrogens with one attached hydrogen (secondary N) is 1. The van der Waals surface area contributed by atoms with Crippen LogP contribution in [0.4, 0.5) is 0 Å². The molecular formula is C18H36IN3O2S. The first-order valence-corrected chi connectivity index (χ1v) is 11.3. The number of halogens is 1. The number of sulfone groups is 1. The van der Waals surface area contributed by atoms with Crippen molar-refractivity contribution in [3.63, 3.8) is 0 Å². The van der Waals surface area contributed by atoms with Crippen molar-refractivity contribution in [3.05, 3.63) is 0 Å². The van der Waals surface area contributed by atoms with Gasteiger partial charge in [0.05, 0.1) is 11.5 Å². The summed E-state index contributed by atoms with van der Waals surface area (Å²) < 4.78 is 23.3. The molecule has 5 nitrogen and oxygen atoms in total. The highest BCUT2D eigenvalue weighted by molar-refractivity contribution is 14.0. The maximum Gasteiger partial charge on any atom is 0.194 e. The van der Waals surface area contributed by atoms with Gasteiger partial charge in [0.2, 0.25) is 0 Å². The van der Waals surface area contributed by atoms with Crippen LogP contribution in [-0.2, 0) is 9.84 Å². The second kappa shape index (κ2) is 9.76. The van der Waals surface area contributed by atoms with Crippen LogP contribution in [0.5, 0.6) is 0 Å². The Morgan fingerprint density at radius 1 is 1.40 bits per heavy atom. The Balaban J connectivity index is 0.00000312. The van der Waals surface area contributed by atoms with Gasteiger partial charge in [-0.05, 0) is 50.9 Å². The summed E-state index contributed by atoms with van der Waals surface area (Å²) in [4.78, 5) is 7.22. The van der Waals surface area contributed by atoms with Crippen molar-refractivity contribution in [1.82, 2.24) is 10.2 Å². The summed E-state index contributed by atoms with van der Waals surface area (Å²) in [6.07, 6.45) is 5.71. The maximum absolute atomic E-state index is 11.6. The van der Waals surface area contributed by atoms with Crippen molar-refractivity contribution < 1.29 is 8.42 Å². The van der Waals surface area contributed by atoms with E-state index in [1.807, 2.05) is 0 Å². The van der Waals surface area contributed by atoms with Crippen LogP contribution >= 0.6 is 24.0 Å². The fraction of sp³-hybridized carbons (Fsp3) is 0.944. The van der Waals surface area contributed by atoms with Gasteiger partial charge >= 0.3 is 0 Å². The Morgan fingerprint density at radius 3 is 2.68 bits per heavy atom. The molecule has 0 radical (unpaired) electrons. The quantitative estimate of drug-likeness (QED) is 0.369. The standard InChI is InChI=1S/C18H35N3O2S.HI/c1-5-8-18(4)9-6-10-21(14-18)17(20-15(2)3)19-12-16-7-11-24(22,23)13-16;/h15-16H,5-14H2,1-4H3,(H,19,20);1H. The van der Waals surface area contributed by atoms with Gasteiger partial charge in [0.25, 0.3) is 0 Å². The highest BCUT2D eigenvalue weighted by Gasteiger charge is 2.32. The SMILES string of the molecule is CCCC1(C)CCCN(C(=NCC2CCS(=O)(=O)C2)NC(C)C)C1.I. The van der Waals surface area contributed by atoms with Gasteiger partial charge in [-0.15, -0.1) is 24.0 Å². The number of aliphatic imine (C=N–C) groups is 1. The predicted molar refractivity (Wildman–Crippen MR) is 117 cm³/mol. The van der Waals surface area contributed by atoms with Gasteiger partial charge in [0.15, 0.2) is 15.8 Å². The van der Waals surface area contributed by atoms with Gasteiger partial charge in [-0.25, -0.2) is 8.42 Å². The molecule has 1 N–H and O–H groups in total. The second-order valence-corrected chi connectivity index (χ2v) is 10.5. The van der Waals surface area contributed by atoms with Crippen molar-refractivity contribution in [2.75, 3.05) is 31.1 Å². The third-order valence-electron chi connectivity index (χ3n) is 5.18. The normalized spacial score (nSPS) is 29.6. The minimum atomic E-state index is -2.82. The largest absolute Gasteiger partial charge is 0.354 e. The molecule has 2 aliphatic heterocycles. The third-order valence-corrected chi connectivity index (χ3v) is 7.01. The Hall–Kier alpha value is -0.0500. The molecule has 0 bridgehead atoms. The zero-order chi connectivity index (χ0) is 17.8. The molecule has 0 saturated carbocycles. The van der Waals surface area contributed by atoms with Gasteiger partial charge in [-0.1, -0.05) is 20.3 Å². The lowest BCUT2D eigenvalue weighted by Crippen LogP contribution is -2.51. The molecule has 2 rings (SSSR count). The van der Waals surface area contributed by atoms with E-state index >= 15 is 0 Å². The molecule has 0 aromatic rings. The minimum absolute atomic E-state index is 0. The number of rotatable bonds is 5. The van der Waals surface area contributed by atoms with Gasteiger partial charge in [0.1, 0.15) is 0 Å². The molecule has 2 heterocycles. The summed E-state index contributed by atoms with van der Waals surface area (Å²) in [5, 5.41) is 3.50. The summed E-state index contributed by atoms with van der Waals surface area (Å²) in [5.74, 6) is 1.79. The number of hydrogen-bond acceptors (Lipinski definition) is 3. The molecule has 2 saturated heterocycles. The summed E-state index contributed by atoms with van der Waals surface area (Å²) in [5.41, 5.74) is 0.364. The number of hydrogen-bond donors (Lipinski definition) is 1. The van der Waals surface area contributed by atoms with E-state index in [0.29, 0.717) is 29.5 Å². The third kappa shape index (κ3) is 7.23. The fourth-order valence-corrected chi connectivity index (χ4v) is 5.88. The second-order valence-electron chi connectivity index (χ2n) is 8.32. The first kappa shape index (κ1) is 23.0. The molecule has 0 spiro atoms. The predicted octanol–water partition coefficient (Wildman–Crippen LogP) is 3.30. The van der Waals surface area contributed by atoms with Crippen molar-refractivity contribution in [2.24, 2.45) is 16.3 Å². The summed E-state index contributed by atoms with van der Waals surface area (Å²) in [6.45, 7) is 11.6.